The minimum atomic E-state index is 0.674. The van der Waals surface area contributed by atoms with Gasteiger partial charge in [-0.05, 0) is 55.3 Å². The van der Waals surface area contributed by atoms with Gasteiger partial charge in [0, 0.05) is 0 Å². The molecule has 16 heavy (non-hydrogen) atoms. The summed E-state index contributed by atoms with van der Waals surface area (Å²) in [6.07, 6.45) is 13.4. The summed E-state index contributed by atoms with van der Waals surface area (Å²) in [5, 5.41) is 0. The van der Waals surface area contributed by atoms with E-state index in [1.165, 1.54) is 38.5 Å². The third-order valence-corrected chi connectivity index (χ3v) is 5.62. The van der Waals surface area contributed by atoms with Crippen LogP contribution in [0.2, 0.25) is 0 Å². The predicted molar refractivity (Wildman–Crippen MR) is 71.5 cm³/mol. The first-order valence-electron chi connectivity index (χ1n) is 7.71. The molecule has 0 aromatic rings. The van der Waals surface area contributed by atoms with Crippen LogP contribution in [0.5, 0.6) is 0 Å². The molecule has 0 heterocycles. The second-order valence-electron chi connectivity index (χ2n) is 6.69. The molecule has 2 aliphatic rings. The molecule has 2 aliphatic carbocycles. The van der Waals surface area contributed by atoms with Crippen LogP contribution in [0.3, 0.4) is 0 Å². The van der Waals surface area contributed by atoms with Gasteiger partial charge in [0.15, 0.2) is 0 Å². The molecule has 3 unspecified atom stereocenters. The maximum absolute atomic E-state index is 2.60. The lowest BCUT2D eigenvalue weighted by molar-refractivity contribution is -0.0301. The van der Waals surface area contributed by atoms with E-state index in [9.17, 15) is 0 Å². The third-order valence-electron chi connectivity index (χ3n) is 5.62. The van der Waals surface area contributed by atoms with Crippen molar-refractivity contribution in [2.75, 3.05) is 0 Å². The largest absolute Gasteiger partial charge is 0.0654 e. The first kappa shape index (κ1) is 12.5. The molecule has 0 aromatic heterocycles. The second kappa shape index (κ2) is 5.10. The van der Waals surface area contributed by atoms with Gasteiger partial charge in [0.25, 0.3) is 0 Å². The zero-order valence-electron chi connectivity index (χ0n) is 11.6. The van der Waals surface area contributed by atoms with Crippen LogP contribution in [0.4, 0.5) is 0 Å². The van der Waals surface area contributed by atoms with Crippen molar-refractivity contribution in [3.8, 4) is 0 Å². The average molecular weight is 222 g/mol. The van der Waals surface area contributed by atoms with Gasteiger partial charge in [-0.1, -0.05) is 46.5 Å². The van der Waals surface area contributed by atoms with Crippen molar-refractivity contribution in [3.05, 3.63) is 0 Å². The van der Waals surface area contributed by atoms with Crippen LogP contribution in [0, 0.1) is 23.2 Å². The molecule has 0 N–H and O–H groups in total. The van der Waals surface area contributed by atoms with Crippen LogP contribution in [0.1, 0.15) is 78.6 Å². The van der Waals surface area contributed by atoms with Crippen LogP contribution < -0.4 is 0 Å². The van der Waals surface area contributed by atoms with Crippen molar-refractivity contribution < 1.29 is 0 Å². The third kappa shape index (κ3) is 2.17. The SMILES string of the molecule is CCCC(C)(CCC)C1CCCC2CCC21. The Morgan fingerprint density at radius 2 is 1.62 bits per heavy atom. The Balaban J connectivity index is 2.05. The topological polar surface area (TPSA) is 0 Å². The fraction of sp³-hybridized carbons (Fsp3) is 1.00. The molecule has 2 saturated carbocycles. The van der Waals surface area contributed by atoms with Crippen molar-refractivity contribution in [2.45, 2.75) is 78.6 Å². The first-order chi connectivity index (χ1) is 7.71. The highest BCUT2D eigenvalue weighted by Crippen LogP contribution is 2.56. The van der Waals surface area contributed by atoms with Crippen molar-refractivity contribution in [3.63, 3.8) is 0 Å². The van der Waals surface area contributed by atoms with E-state index in [-0.39, 0.29) is 0 Å². The fourth-order valence-corrected chi connectivity index (χ4v) is 4.80. The summed E-state index contributed by atoms with van der Waals surface area (Å²) in [4.78, 5) is 0. The predicted octanol–water partition coefficient (Wildman–Crippen LogP) is 5.42. The molecule has 3 atom stereocenters. The summed E-state index contributed by atoms with van der Waals surface area (Å²) in [5.41, 5.74) is 0.674. The maximum atomic E-state index is 2.60. The number of hydrogen-bond acceptors (Lipinski definition) is 0. The Kier molecular flexibility index (Phi) is 3.97. The molecular formula is C16H30. The number of fused-ring (bicyclic) bond motifs is 1. The standard InChI is InChI=1S/C16H30/c1-4-11-16(3,12-5-2)15-8-6-7-13-9-10-14(13)15/h13-15H,4-12H2,1-3H3. The minimum Gasteiger partial charge on any atom is -0.0654 e. The molecule has 0 spiro atoms. The Morgan fingerprint density at radius 3 is 2.12 bits per heavy atom. The van der Waals surface area contributed by atoms with E-state index >= 15 is 0 Å². The smallest absolute Gasteiger partial charge is 0.0295 e. The summed E-state index contributed by atoms with van der Waals surface area (Å²) >= 11 is 0. The molecule has 0 amide bonds. The summed E-state index contributed by atoms with van der Waals surface area (Å²) in [6.45, 7) is 7.34. The van der Waals surface area contributed by atoms with E-state index in [0.717, 1.165) is 17.8 Å². The lowest BCUT2D eigenvalue weighted by atomic mass is 9.52. The Labute approximate surface area is 102 Å². The molecule has 0 saturated heterocycles. The highest BCUT2D eigenvalue weighted by atomic mass is 14.5. The summed E-state index contributed by atoms with van der Waals surface area (Å²) in [5.74, 6) is 3.32. The van der Waals surface area contributed by atoms with Gasteiger partial charge in [-0.15, -0.1) is 0 Å². The van der Waals surface area contributed by atoms with Gasteiger partial charge in [0.2, 0.25) is 0 Å². The monoisotopic (exact) mass is 222 g/mol. The molecule has 2 fully saturated rings. The van der Waals surface area contributed by atoms with E-state index in [1.807, 2.05) is 0 Å². The Bertz CT molecular complexity index is 212. The van der Waals surface area contributed by atoms with Gasteiger partial charge in [-0.3, -0.25) is 0 Å². The lowest BCUT2D eigenvalue weighted by Crippen LogP contribution is -2.44. The van der Waals surface area contributed by atoms with Crippen LogP contribution in [0.25, 0.3) is 0 Å². The molecule has 0 nitrogen and oxygen atoms in total. The van der Waals surface area contributed by atoms with Crippen LogP contribution >= 0.6 is 0 Å². The number of rotatable bonds is 5. The summed E-state index contributed by atoms with van der Waals surface area (Å²) < 4.78 is 0. The Hall–Kier alpha value is 0. The highest BCUT2D eigenvalue weighted by molar-refractivity contribution is 4.96. The van der Waals surface area contributed by atoms with Gasteiger partial charge in [0.1, 0.15) is 0 Å². The van der Waals surface area contributed by atoms with Crippen molar-refractivity contribution in [2.24, 2.45) is 23.2 Å². The van der Waals surface area contributed by atoms with Crippen LogP contribution in [-0.2, 0) is 0 Å². The molecule has 2 rings (SSSR count). The normalized spacial score (nSPS) is 34.3. The summed E-state index contributed by atoms with van der Waals surface area (Å²) in [7, 11) is 0. The van der Waals surface area contributed by atoms with E-state index in [2.05, 4.69) is 20.8 Å². The van der Waals surface area contributed by atoms with E-state index in [0.29, 0.717) is 5.41 Å². The molecule has 0 aromatic carbocycles. The van der Waals surface area contributed by atoms with Gasteiger partial charge < -0.3 is 0 Å². The fourth-order valence-electron chi connectivity index (χ4n) is 4.80. The molecule has 0 heteroatoms. The maximum Gasteiger partial charge on any atom is -0.0295 e. The zero-order valence-corrected chi connectivity index (χ0v) is 11.6. The van der Waals surface area contributed by atoms with Gasteiger partial charge in [0.05, 0.1) is 0 Å². The van der Waals surface area contributed by atoms with Gasteiger partial charge >= 0.3 is 0 Å². The summed E-state index contributed by atoms with van der Waals surface area (Å²) in [6, 6.07) is 0. The molecule has 0 aliphatic heterocycles. The quantitative estimate of drug-likeness (QED) is 0.582. The van der Waals surface area contributed by atoms with Gasteiger partial charge in [-0.25, -0.2) is 0 Å². The lowest BCUT2D eigenvalue weighted by Gasteiger charge is -2.53. The first-order valence-corrected chi connectivity index (χ1v) is 7.71. The van der Waals surface area contributed by atoms with Crippen LogP contribution in [0.15, 0.2) is 0 Å². The van der Waals surface area contributed by atoms with E-state index in [4.69, 9.17) is 0 Å². The highest BCUT2D eigenvalue weighted by Gasteiger charge is 2.46. The molecule has 0 bridgehead atoms. The molecule has 94 valence electrons. The van der Waals surface area contributed by atoms with Crippen LogP contribution in [-0.4, -0.2) is 0 Å². The zero-order chi connectivity index (χ0) is 11.6. The average Bonchev–Trinajstić information content (AvgIpc) is 2.20. The van der Waals surface area contributed by atoms with E-state index in [1.54, 1.807) is 19.3 Å². The van der Waals surface area contributed by atoms with Crippen molar-refractivity contribution >= 4 is 0 Å². The molecule has 0 radical (unpaired) electrons. The van der Waals surface area contributed by atoms with E-state index < -0.39 is 0 Å². The molecular weight excluding hydrogens is 192 g/mol. The van der Waals surface area contributed by atoms with Gasteiger partial charge in [-0.2, -0.15) is 0 Å². The Morgan fingerprint density at radius 1 is 0.938 bits per heavy atom. The van der Waals surface area contributed by atoms with Crippen molar-refractivity contribution in [1.82, 2.24) is 0 Å². The number of hydrogen-bond donors (Lipinski definition) is 0. The van der Waals surface area contributed by atoms with Crippen molar-refractivity contribution in [1.29, 1.82) is 0 Å². The second-order valence-corrected chi connectivity index (χ2v) is 6.69. The minimum absolute atomic E-state index is 0.674.